The number of hydrogen-bond donors (Lipinski definition) is 1. The average molecular weight is 393 g/mol. The minimum Gasteiger partial charge on any atom is -0.497 e. The second kappa shape index (κ2) is 8.07. The van der Waals surface area contributed by atoms with Crippen molar-refractivity contribution >= 4 is 22.7 Å². The standard InChI is InChI=1S/C23H27N3O3/c1-3-26-20-15-18(28-2)11-12-19(20)21(24)22(26)16-7-9-17(10-8-16)29-23(27)25-13-5-4-6-14-25/h7-12,15H,3-6,13-14,24H2,1-2H3. The molecular formula is C23H27N3O3. The van der Waals surface area contributed by atoms with Crippen LogP contribution in [0, 0.1) is 0 Å². The number of ether oxygens (including phenoxy) is 2. The number of aryl methyl sites for hydroxylation is 1. The van der Waals surface area contributed by atoms with Gasteiger partial charge in [-0.1, -0.05) is 0 Å². The van der Waals surface area contributed by atoms with Gasteiger partial charge in [0.25, 0.3) is 0 Å². The van der Waals surface area contributed by atoms with Gasteiger partial charge in [-0.05, 0) is 62.6 Å². The van der Waals surface area contributed by atoms with Gasteiger partial charge in [0.05, 0.1) is 24.0 Å². The summed E-state index contributed by atoms with van der Waals surface area (Å²) in [6, 6.07) is 13.5. The minimum atomic E-state index is -0.272. The first kappa shape index (κ1) is 19.2. The van der Waals surface area contributed by atoms with Crippen LogP contribution < -0.4 is 15.2 Å². The van der Waals surface area contributed by atoms with E-state index in [0.29, 0.717) is 5.75 Å². The van der Waals surface area contributed by atoms with Crippen molar-refractivity contribution in [3.8, 4) is 22.8 Å². The Morgan fingerprint density at radius 1 is 1.03 bits per heavy atom. The van der Waals surface area contributed by atoms with E-state index in [-0.39, 0.29) is 6.09 Å². The Bertz CT molecular complexity index is 1020. The number of nitrogens with zero attached hydrogens (tertiary/aromatic N) is 2. The Hall–Kier alpha value is -3.15. The van der Waals surface area contributed by atoms with Gasteiger partial charge in [0.15, 0.2) is 0 Å². The van der Waals surface area contributed by atoms with E-state index in [4.69, 9.17) is 15.2 Å². The van der Waals surface area contributed by atoms with Crippen LogP contribution in [0.4, 0.5) is 10.5 Å². The van der Waals surface area contributed by atoms with Gasteiger partial charge in [-0.3, -0.25) is 0 Å². The fourth-order valence-corrected chi connectivity index (χ4v) is 4.05. The molecule has 3 aromatic rings. The number of hydrogen-bond acceptors (Lipinski definition) is 4. The smallest absolute Gasteiger partial charge is 0.415 e. The number of piperidine rings is 1. The summed E-state index contributed by atoms with van der Waals surface area (Å²) >= 11 is 0. The van der Waals surface area contributed by atoms with Gasteiger partial charge >= 0.3 is 6.09 Å². The maximum atomic E-state index is 12.3. The highest BCUT2D eigenvalue weighted by Crippen LogP contribution is 2.38. The van der Waals surface area contributed by atoms with Gasteiger partial charge in [0.1, 0.15) is 11.5 Å². The highest BCUT2D eigenvalue weighted by Gasteiger charge is 2.19. The SMILES string of the molecule is CCn1c(-c2ccc(OC(=O)N3CCCCC3)cc2)c(N)c2ccc(OC)cc21. The molecule has 2 heterocycles. The third-order valence-corrected chi connectivity index (χ3v) is 5.57. The average Bonchev–Trinajstić information content (AvgIpc) is 3.05. The molecule has 0 atom stereocenters. The van der Waals surface area contributed by atoms with Crippen LogP contribution in [0.1, 0.15) is 26.2 Å². The van der Waals surface area contributed by atoms with E-state index in [2.05, 4.69) is 11.5 Å². The van der Waals surface area contributed by atoms with Gasteiger partial charge in [-0.15, -0.1) is 0 Å². The number of amides is 1. The number of anilines is 1. The van der Waals surface area contributed by atoms with Crippen molar-refractivity contribution in [1.29, 1.82) is 0 Å². The molecular weight excluding hydrogens is 366 g/mol. The Balaban J connectivity index is 1.62. The number of benzene rings is 2. The lowest BCUT2D eigenvalue weighted by Gasteiger charge is -2.25. The second-order valence-corrected chi connectivity index (χ2v) is 7.33. The van der Waals surface area contributed by atoms with Crippen LogP contribution in [0.15, 0.2) is 42.5 Å². The third-order valence-electron chi connectivity index (χ3n) is 5.57. The number of fused-ring (bicyclic) bond motifs is 1. The van der Waals surface area contributed by atoms with Gasteiger partial charge < -0.3 is 24.7 Å². The summed E-state index contributed by atoms with van der Waals surface area (Å²) in [5, 5.41) is 1.00. The first-order valence-electron chi connectivity index (χ1n) is 10.1. The Morgan fingerprint density at radius 3 is 2.38 bits per heavy atom. The number of rotatable bonds is 4. The monoisotopic (exact) mass is 393 g/mol. The van der Waals surface area contributed by atoms with Crippen molar-refractivity contribution in [3.05, 3.63) is 42.5 Å². The predicted molar refractivity (Wildman–Crippen MR) is 115 cm³/mol. The molecule has 1 aliphatic heterocycles. The molecule has 4 rings (SSSR count). The third kappa shape index (κ3) is 3.62. The normalized spacial score (nSPS) is 14.2. The zero-order chi connectivity index (χ0) is 20.4. The van der Waals surface area contributed by atoms with E-state index >= 15 is 0 Å². The second-order valence-electron chi connectivity index (χ2n) is 7.33. The first-order chi connectivity index (χ1) is 14.1. The number of methoxy groups -OCH3 is 1. The Morgan fingerprint density at radius 2 is 1.72 bits per heavy atom. The highest BCUT2D eigenvalue weighted by molar-refractivity contribution is 6.01. The molecule has 0 bridgehead atoms. The van der Waals surface area contributed by atoms with E-state index in [9.17, 15) is 4.79 Å². The van der Waals surface area contributed by atoms with Crippen molar-refractivity contribution in [2.45, 2.75) is 32.7 Å². The summed E-state index contributed by atoms with van der Waals surface area (Å²) in [4.78, 5) is 14.1. The fourth-order valence-electron chi connectivity index (χ4n) is 4.05. The van der Waals surface area contributed by atoms with Crippen LogP contribution in [0.5, 0.6) is 11.5 Å². The predicted octanol–water partition coefficient (Wildman–Crippen LogP) is 4.90. The molecule has 1 saturated heterocycles. The van der Waals surface area contributed by atoms with Crippen LogP contribution in [0.25, 0.3) is 22.2 Å². The molecule has 29 heavy (non-hydrogen) atoms. The lowest BCUT2D eigenvalue weighted by Crippen LogP contribution is -2.37. The maximum absolute atomic E-state index is 12.3. The Kier molecular flexibility index (Phi) is 5.34. The molecule has 6 heteroatoms. The summed E-state index contributed by atoms with van der Waals surface area (Å²) < 4.78 is 13.1. The molecule has 152 valence electrons. The summed E-state index contributed by atoms with van der Waals surface area (Å²) in [6.07, 6.45) is 2.99. The molecule has 0 radical (unpaired) electrons. The van der Waals surface area contributed by atoms with Crippen molar-refractivity contribution in [2.75, 3.05) is 25.9 Å². The van der Waals surface area contributed by atoms with Crippen LogP contribution >= 0.6 is 0 Å². The van der Waals surface area contributed by atoms with Crippen molar-refractivity contribution in [1.82, 2.24) is 9.47 Å². The van der Waals surface area contributed by atoms with E-state index in [1.807, 2.05) is 42.5 Å². The summed E-state index contributed by atoms with van der Waals surface area (Å²) in [6.45, 7) is 4.42. The number of carbonyl (C=O) groups is 1. The van der Waals surface area contributed by atoms with Crippen LogP contribution in [0.2, 0.25) is 0 Å². The van der Waals surface area contributed by atoms with E-state index in [0.717, 1.165) is 66.1 Å². The maximum Gasteiger partial charge on any atom is 0.415 e. The van der Waals surface area contributed by atoms with Crippen molar-refractivity contribution in [2.24, 2.45) is 0 Å². The van der Waals surface area contributed by atoms with Gasteiger partial charge in [0, 0.05) is 36.7 Å². The quantitative estimate of drug-likeness (QED) is 0.684. The molecule has 6 nitrogen and oxygen atoms in total. The molecule has 1 fully saturated rings. The molecule has 0 aliphatic carbocycles. The molecule has 0 saturated carbocycles. The summed E-state index contributed by atoms with van der Waals surface area (Å²) in [7, 11) is 1.66. The molecule has 0 spiro atoms. The van der Waals surface area contributed by atoms with Crippen molar-refractivity contribution < 1.29 is 14.3 Å². The highest BCUT2D eigenvalue weighted by atomic mass is 16.6. The number of likely N-dealkylation sites (tertiary alicyclic amines) is 1. The largest absolute Gasteiger partial charge is 0.497 e. The van der Waals surface area contributed by atoms with E-state index in [1.165, 1.54) is 6.42 Å². The van der Waals surface area contributed by atoms with Gasteiger partial charge in [-0.25, -0.2) is 4.79 Å². The molecule has 0 unspecified atom stereocenters. The summed E-state index contributed by atoms with van der Waals surface area (Å²) in [5.41, 5.74) is 10.2. The Labute approximate surface area is 170 Å². The number of nitrogen functional groups attached to an aromatic ring is 1. The number of carbonyl (C=O) groups excluding carboxylic acids is 1. The molecule has 1 aliphatic rings. The molecule has 1 aromatic heterocycles. The van der Waals surface area contributed by atoms with Gasteiger partial charge in [0.2, 0.25) is 0 Å². The zero-order valence-electron chi connectivity index (χ0n) is 17.0. The lowest BCUT2D eigenvalue weighted by atomic mass is 10.1. The topological polar surface area (TPSA) is 69.7 Å². The molecule has 2 aromatic carbocycles. The molecule has 1 amide bonds. The van der Waals surface area contributed by atoms with Crippen LogP contribution in [-0.2, 0) is 6.54 Å². The fraction of sp³-hybridized carbons (Fsp3) is 0.348. The first-order valence-corrected chi connectivity index (χ1v) is 10.1. The number of aromatic nitrogens is 1. The molecule has 2 N–H and O–H groups in total. The van der Waals surface area contributed by atoms with Crippen molar-refractivity contribution in [3.63, 3.8) is 0 Å². The minimum absolute atomic E-state index is 0.272. The van der Waals surface area contributed by atoms with E-state index < -0.39 is 0 Å². The lowest BCUT2D eigenvalue weighted by molar-refractivity contribution is 0.142. The number of nitrogens with two attached hydrogens (primary N) is 1. The van der Waals surface area contributed by atoms with E-state index in [1.54, 1.807) is 12.0 Å². The van der Waals surface area contributed by atoms with Crippen LogP contribution in [-0.4, -0.2) is 35.8 Å². The zero-order valence-corrected chi connectivity index (χ0v) is 17.0. The van der Waals surface area contributed by atoms with Gasteiger partial charge in [-0.2, -0.15) is 0 Å². The van der Waals surface area contributed by atoms with Crippen LogP contribution in [0.3, 0.4) is 0 Å². The summed E-state index contributed by atoms with van der Waals surface area (Å²) in [5.74, 6) is 1.35.